The van der Waals surface area contributed by atoms with Crippen LogP contribution in [-0.2, 0) is 9.53 Å². The van der Waals surface area contributed by atoms with Crippen LogP contribution in [0.5, 0.6) is 5.75 Å². The summed E-state index contributed by atoms with van der Waals surface area (Å²) in [6.07, 6.45) is 2.71. The first-order valence-corrected chi connectivity index (χ1v) is 12.4. The molecule has 10 heteroatoms. The summed E-state index contributed by atoms with van der Waals surface area (Å²) >= 11 is 0. The molecule has 3 heterocycles. The van der Waals surface area contributed by atoms with E-state index in [1.807, 2.05) is 0 Å². The number of carbonyl (C=O) groups is 3. The first-order chi connectivity index (χ1) is 17.5. The molecular weight excluding hydrogens is 462 g/mol. The fourth-order valence-corrected chi connectivity index (χ4v) is 4.51. The number of piperazine rings is 1. The molecular formula is C26H33N5O5. The summed E-state index contributed by atoms with van der Waals surface area (Å²) < 4.78 is 10.3. The van der Waals surface area contributed by atoms with Crippen LogP contribution >= 0.6 is 0 Å². The van der Waals surface area contributed by atoms with Crippen LogP contribution in [0.4, 0.5) is 11.5 Å². The third-order valence-electron chi connectivity index (χ3n) is 6.53. The van der Waals surface area contributed by atoms with Crippen molar-refractivity contribution in [1.29, 1.82) is 0 Å². The molecule has 1 aromatic carbocycles. The van der Waals surface area contributed by atoms with Gasteiger partial charge in [-0.15, -0.1) is 0 Å². The predicted octanol–water partition coefficient (Wildman–Crippen LogP) is 2.17. The van der Waals surface area contributed by atoms with Crippen molar-refractivity contribution in [3.63, 3.8) is 0 Å². The molecule has 0 saturated carbocycles. The summed E-state index contributed by atoms with van der Waals surface area (Å²) in [5, 5.41) is 6.17. The van der Waals surface area contributed by atoms with Crippen LogP contribution in [0, 0.1) is 5.92 Å². The van der Waals surface area contributed by atoms with Crippen molar-refractivity contribution >= 4 is 29.3 Å². The summed E-state index contributed by atoms with van der Waals surface area (Å²) in [7, 11) is 1.57. The number of likely N-dealkylation sites (tertiary alicyclic amines) is 1. The maximum Gasteiger partial charge on any atom is 0.309 e. The smallest absolute Gasteiger partial charge is 0.309 e. The van der Waals surface area contributed by atoms with Crippen molar-refractivity contribution in [2.45, 2.75) is 19.8 Å². The van der Waals surface area contributed by atoms with Crippen molar-refractivity contribution < 1.29 is 23.9 Å². The normalized spacial score (nSPS) is 16.4. The molecule has 2 saturated heterocycles. The first-order valence-electron chi connectivity index (χ1n) is 12.4. The highest BCUT2D eigenvalue weighted by Crippen LogP contribution is 2.27. The summed E-state index contributed by atoms with van der Waals surface area (Å²) in [5.41, 5.74) is 1.36. The van der Waals surface area contributed by atoms with Gasteiger partial charge in [0.05, 0.1) is 37.1 Å². The second kappa shape index (κ2) is 11.9. The van der Waals surface area contributed by atoms with Gasteiger partial charge in [-0.25, -0.2) is 4.98 Å². The summed E-state index contributed by atoms with van der Waals surface area (Å²) in [6, 6.07) is 8.49. The van der Waals surface area contributed by atoms with Gasteiger partial charge in [-0.3, -0.25) is 14.4 Å². The number of ether oxygens (including phenoxy) is 2. The number of amides is 2. The Balaban J connectivity index is 1.53. The van der Waals surface area contributed by atoms with Gasteiger partial charge in [-0.05, 0) is 50.1 Å². The van der Waals surface area contributed by atoms with E-state index in [-0.39, 0.29) is 23.7 Å². The Labute approximate surface area is 211 Å². The quantitative estimate of drug-likeness (QED) is 0.562. The van der Waals surface area contributed by atoms with Gasteiger partial charge in [0, 0.05) is 44.8 Å². The Morgan fingerprint density at radius 3 is 2.42 bits per heavy atom. The van der Waals surface area contributed by atoms with E-state index in [0.29, 0.717) is 60.9 Å². The number of nitrogens with one attached hydrogen (secondary N) is 2. The molecule has 2 aliphatic heterocycles. The average molecular weight is 496 g/mol. The van der Waals surface area contributed by atoms with Gasteiger partial charge >= 0.3 is 5.97 Å². The maximum absolute atomic E-state index is 13.6. The Morgan fingerprint density at radius 2 is 1.78 bits per heavy atom. The van der Waals surface area contributed by atoms with Crippen molar-refractivity contribution in [1.82, 2.24) is 15.2 Å². The zero-order valence-electron chi connectivity index (χ0n) is 20.8. The van der Waals surface area contributed by atoms with Gasteiger partial charge in [0.1, 0.15) is 11.6 Å². The van der Waals surface area contributed by atoms with Crippen LogP contribution in [0.2, 0.25) is 0 Å². The monoisotopic (exact) mass is 495 g/mol. The molecule has 2 amide bonds. The van der Waals surface area contributed by atoms with Crippen LogP contribution in [0.15, 0.2) is 36.5 Å². The molecule has 4 rings (SSSR count). The van der Waals surface area contributed by atoms with E-state index in [4.69, 9.17) is 9.47 Å². The van der Waals surface area contributed by atoms with E-state index in [1.54, 1.807) is 55.5 Å². The number of piperidine rings is 1. The molecule has 0 unspecified atom stereocenters. The van der Waals surface area contributed by atoms with Crippen molar-refractivity contribution in [3.05, 3.63) is 47.7 Å². The van der Waals surface area contributed by atoms with Crippen molar-refractivity contribution in [2.24, 2.45) is 5.92 Å². The molecule has 36 heavy (non-hydrogen) atoms. The van der Waals surface area contributed by atoms with E-state index in [2.05, 4.69) is 20.5 Å². The average Bonchev–Trinajstić information content (AvgIpc) is 2.93. The van der Waals surface area contributed by atoms with Crippen LogP contribution in [0.25, 0.3) is 0 Å². The van der Waals surface area contributed by atoms with Gasteiger partial charge in [0.15, 0.2) is 0 Å². The Morgan fingerprint density at radius 1 is 1.08 bits per heavy atom. The third kappa shape index (κ3) is 5.93. The Kier molecular flexibility index (Phi) is 8.37. The minimum atomic E-state index is -0.303. The number of benzene rings is 1. The molecule has 2 fully saturated rings. The molecule has 2 aromatic rings. The minimum Gasteiger partial charge on any atom is -0.497 e. The second-order valence-electron chi connectivity index (χ2n) is 8.83. The van der Waals surface area contributed by atoms with E-state index in [0.717, 1.165) is 26.2 Å². The molecule has 10 nitrogen and oxygen atoms in total. The minimum absolute atomic E-state index is 0.154. The van der Waals surface area contributed by atoms with Gasteiger partial charge in [0.2, 0.25) is 0 Å². The fourth-order valence-electron chi connectivity index (χ4n) is 4.51. The van der Waals surface area contributed by atoms with E-state index in [9.17, 15) is 14.4 Å². The second-order valence-corrected chi connectivity index (χ2v) is 8.83. The highest BCUT2D eigenvalue weighted by Gasteiger charge is 2.31. The molecule has 2 N–H and O–H groups in total. The van der Waals surface area contributed by atoms with Crippen LogP contribution in [-0.4, -0.2) is 80.7 Å². The standard InChI is InChI=1S/C26H33N5O5/c1-3-36-26(34)19-8-12-31(13-9-19)25(33)22-16-20(17-28-23(22)30-14-10-27-11-15-30)29-24(32)18-4-6-21(35-2)7-5-18/h4-7,16-17,19,27H,3,8-15H2,1-2H3,(H,29,32). The topological polar surface area (TPSA) is 113 Å². The molecule has 0 atom stereocenters. The molecule has 0 radical (unpaired) electrons. The van der Waals surface area contributed by atoms with Crippen molar-refractivity contribution in [3.8, 4) is 5.75 Å². The zero-order chi connectivity index (χ0) is 25.5. The van der Waals surface area contributed by atoms with Crippen LogP contribution in [0.1, 0.15) is 40.5 Å². The van der Waals surface area contributed by atoms with Gasteiger partial charge < -0.3 is 29.9 Å². The molecule has 192 valence electrons. The van der Waals surface area contributed by atoms with Gasteiger partial charge in [-0.2, -0.15) is 0 Å². The lowest BCUT2D eigenvalue weighted by atomic mass is 9.96. The van der Waals surface area contributed by atoms with Gasteiger partial charge in [-0.1, -0.05) is 0 Å². The van der Waals surface area contributed by atoms with Crippen molar-refractivity contribution in [2.75, 3.05) is 63.2 Å². The molecule has 2 aliphatic rings. The van der Waals surface area contributed by atoms with Crippen LogP contribution in [0.3, 0.4) is 0 Å². The molecule has 1 aromatic heterocycles. The number of aromatic nitrogens is 1. The lowest BCUT2D eigenvalue weighted by molar-refractivity contribution is -0.149. The number of rotatable bonds is 7. The van der Waals surface area contributed by atoms with Crippen LogP contribution < -0.4 is 20.3 Å². The largest absolute Gasteiger partial charge is 0.497 e. The zero-order valence-corrected chi connectivity index (χ0v) is 20.8. The molecule has 0 spiro atoms. The molecule has 0 aliphatic carbocycles. The van der Waals surface area contributed by atoms with E-state index >= 15 is 0 Å². The number of esters is 1. The SMILES string of the molecule is CCOC(=O)C1CCN(C(=O)c2cc(NC(=O)c3ccc(OC)cc3)cnc2N2CCNCC2)CC1. The fraction of sp³-hybridized carbons (Fsp3) is 0.462. The number of anilines is 2. The lowest BCUT2D eigenvalue weighted by Crippen LogP contribution is -2.45. The molecule has 0 bridgehead atoms. The van der Waals surface area contributed by atoms with E-state index < -0.39 is 0 Å². The summed E-state index contributed by atoms with van der Waals surface area (Å²) in [4.78, 5) is 47.0. The highest BCUT2D eigenvalue weighted by molar-refractivity contribution is 6.06. The van der Waals surface area contributed by atoms with Gasteiger partial charge in [0.25, 0.3) is 11.8 Å². The third-order valence-corrected chi connectivity index (χ3v) is 6.53. The number of nitrogens with zero attached hydrogens (tertiary/aromatic N) is 3. The number of methoxy groups -OCH3 is 1. The maximum atomic E-state index is 13.6. The summed E-state index contributed by atoms with van der Waals surface area (Å²) in [5.74, 6) is 0.428. The number of carbonyl (C=O) groups excluding carboxylic acids is 3. The Hall–Kier alpha value is -3.66. The summed E-state index contributed by atoms with van der Waals surface area (Å²) in [6.45, 7) is 6.14. The highest BCUT2D eigenvalue weighted by atomic mass is 16.5. The van der Waals surface area contributed by atoms with E-state index in [1.165, 1.54) is 0 Å². The number of pyridine rings is 1. The first kappa shape index (κ1) is 25.4. The number of hydrogen-bond donors (Lipinski definition) is 2. The predicted molar refractivity (Wildman–Crippen MR) is 136 cm³/mol. The lowest BCUT2D eigenvalue weighted by Gasteiger charge is -2.33. The number of hydrogen-bond acceptors (Lipinski definition) is 8. The Bertz CT molecular complexity index is 1080.